The Hall–Kier alpha value is -1.90. The number of fused-ring (bicyclic) bond motifs is 5. The lowest BCUT2D eigenvalue weighted by Crippen LogP contribution is -2.67. The van der Waals surface area contributed by atoms with Crippen molar-refractivity contribution < 1.29 is 24.2 Å². The van der Waals surface area contributed by atoms with Gasteiger partial charge in [-0.05, 0) is 92.6 Å². The van der Waals surface area contributed by atoms with Gasteiger partial charge in [0.25, 0.3) is 0 Å². The number of rotatable bonds is 2. The van der Waals surface area contributed by atoms with Gasteiger partial charge in [0.1, 0.15) is 6.10 Å². The Morgan fingerprint density at radius 1 is 1.03 bits per heavy atom. The van der Waals surface area contributed by atoms with E-state index in [0.717, 1.165) is 56.9 Å². The molecule has 1 aliphatic heterocycles. The van der Waals surface area contributed by atoms with E-state index in [1.54, 1.807) is 11.2 Å². The smallest absolute Gasteiger partial charge is 0.410 e. The summed E-state index contributed by atoms with van der Waals surface area (Å²) >= 11 is 0. The molecule has 5 fully saturated rings. The first-order chi connectivity index (χ1) is 17.5. The number of carbonyl (C=O) groups is 1. The molecular weight excluding hydrogens is 472 g/mol. The van der Waals surface area contributed by atoms with Crippen LogP contribution in [0.2, 0.25) is 0 Å². The van der Waals surface area contributed by atoms with Gasteiger partial charge in [0.05, 0.1) is 17.5 Å². The number of nitrogens with two attached hydrogens (primary N) is 1. The van der Waals surface area contributed by atoms with Gasteiger partial charge in [-0.2, -0.15) is 0 Å². The third-order valence-electron chi connectivity index (χ3n) is 11.8. The minimum atomic E-state index is -0.913. The van der Waals surface area contributed by atoms with Gasteiger partial charge in [-0.1, -0.05) is 13.8 Å². The molecule has 204 valence electrons. The van der Waals surface area contributed by atoms with E-state index in [4.69, 9.17) is 14.9 Å². The largest absolute Gasteiger partial charge is 0.446 e. The topological polar surface area (TPSA) is 126 Å². The summed E-state index contributed by atoms with van der Waals surface area (Å²) in [7, 11) is 0. The van der Waals surface area contributed by atoms with Crippen LogP contribution in [0.3, 0.4) is 0 Å². The van der Waals surface area contributed by atoms with Crippen molar-refractivity contribution in [1.82, 2.24) is 4.90 Å². The highest BCUT2D eigenvalue weighted by Crippen LogP contribution is 2.71. The molecule has 6 rings (SSSR count). The molecular formula is C29H42N2O6. The molecule has 1 saturated heterocycles. The Morgan fingerprint density at radius 3 is 2.49 bits per heavy atom. The molecule has 8 heteroatoms. The molecule has 37 heavy (non-hydrogen) atoms. The first-order valence-electron chi connectivity index (χ1n) is 14.2. The Morgan fingerprint density at radius 2 is 1.78 bits per heavy atom. The fraction of sp³-hybridized carbons (Fsp3) is 0.793. The predicted molar refractivity (Wildman–Crippen MR) is 137 cm³/mol. The number of amides is 1. The van der Waals surface area contributed by atoms with Crippen molar-refractivity contribution >= 4 is 6.09 Å². The normalized spacial score (nSPS) is 47.2. The average molecular weight is 515 g/mol. The lowest BCUT2D eigenvalue weighted by atomic mass is 9.42. The summed E-state index contributed by atoms with van der Waals surface area (Å²) in [5.74, 6) is 0.470. The molecule has 4 saturated carbocycles. The lowest BCUT2D eigenvalue weighted by Gasteiger charge is -2.66. The summed E-state index contributed by atoms with van der Waals surface area (Å²) in [4.78, 5) is 25.9. The number of likely N-dealkylation sites (tertiary alicyclic amines) is 1. The molecule has 8 nitrogen and oxygen atoms in total. The van der Waals surface area contributed by atoms with Crippen molar-refractivity contribution in [2.45, 2.75) is 107 Å². The number of carbonyl (C=O) groups excluding carboxylic acids is 1. The van der Waals surface area contributed by atoms with Gasteiger partial charge < -0.3 is 30.0 Å². The molecule has 2 heterocycles. The molecule has 9 atom stereocenters. The van der Waals surface area contributed by atoms with Gasteiger partial charge in [0, 0.05) is 37.0 Å². The van der Waals surface area contributed by atoms with Gasteiger partial charge in [0.15, 0.2) is 0 Å². The molecule has 0 unspecified atom stereocenters. The zero-order valence-electron chi connectivity index (χ0n) is 22.2. The molecule has 0 bridgehead atoms. The van der Waals surface area contributed by atoms with Crippen LogP contribution in [0.15, 0.2) is 27.6 Å². The second kappa shape index (κ2) is 8.55. The fourth-order valence-electron chi connectivity index (χ4n) is 9.55. The fourth-order valence-corrected chi connectivity index (χ4v) is 9.55. The van der Waals surface area contributed by atoms with Crippen LogP contribution in [0, 0.1) is 22.7 Å². The summed E-state index contributed by atoms with van der Waals surface area (Å²) in [6, 6.07) is 3.35. The van der Waals surface area contributed by atoms with Crippen LogP contribution < -0.4 is 11.4 Å². The maximum atomic E-state index is 12.7. The summed E-state index contributed by atoms with van der Waals surface area (Å²) in [5.41, 5.74) is 4.24. The van der Waals surface area contributed by atoms with E-state index in [2.05, 4.69) is 13.8 Å². The maximum absolute atomic E-state index is 12.7. The van der Waals surface area contributed by atoms with E-state index < -0.39 is 11.2 Å². The van der Waals surface area contributed by atoms with Crippen LogP contribution in [0.1, 0.15) is 89.5 Å². The Labute approximate surface area is 218 Å². The molecule has 4 N–H and O–H groups in total. The SMILES string of the molecule is C[C@]12CC[C@H](OC(=O)N3CC[C@H](N)C3)C[C@@]1(O)CC[C@@H]1[C@@H]2CC[C@]2(C)[C@@H](c3ccc(=O)oc3)CC[C@]12O. The first kappa shape index (κ1) is 25.4. The molecule has 1 amide bonds. The lowest BCUT2D eigenvalue weighted by molar-refractivity contribution is -0.253. The van der Waals surface area contributed by atoms with E-state index in [9.17, 15) is 19.8 Å². The van der Waals surface area contributed by atoms with Crippen LogP contribution in [0.5, 0.6) is 0 Å². The molecule has 0 spiro atoms. The number of aliphatic hydroxyl groups is 2. The summed E-state index contributed by atoms with van der Waals surface area (Å²) in [5, 5.41) is 24.5. The standard InChI is InChI=1S/C29H42N2O6/c1-26-10-5-20(37-25(33)31-14-9-19(30)16-31)15-28(26,34)12-7-23-22(26)6-11-27(2)21(8-13-29(23,27)35)18-3-4-24(32)36-17-18/h3-4,17,19-23,34-35H,5-16,30H2,1-2H3/t19-,20-,21+,22-,23+,26+,27+,28-,29-/m0/s1. The molecule has 1 aromatic heterocycles. The summed E-state index contributed by atoms with van der Waals surface area (Å²) in [6.07, 6.45) is 8.52. The number of hydrogen-bond acceptors (Lipinski definition) is 7. The van der Waals surface area contributed by atoms with E-state index in [0.29, 0.717) is 25.9 Å². The van der Waals surface area contributed by atoms with E-state index in [1.807, 2.05) is 6.07 Å². The highest BCUT2D eigenvalue weighted by molar-refractivity contribution is 5.68. The van der Waals surface area contributed by atoms with Crippen molar-refractivity contribution in [3.8, 4) is 0 Å². The van der Waals surface area contributed by atoms with Crippen LogP contribution >= 0.6 is 0 Å². The quantitative estimate of drug-likeness (QED) is 0.551. The summed E-state index contributed by atoms with van der Waals surface area (Å²) < 4.78 is 11.1. The minimum Gasteiger partial charge on any atom is -0.446 e. The Balaban J connectivity index is 1.20. The zero-order valence-corrected chi connectivity index (χ0v) is 22.2. The molecule has 4 aliphatic carbocycles. The van der Waals surface area contributed by atoms with Crippen molar-refractivity contribution in [2.24, 2.45) is 28.4 Å². The third-order valence-corrected chi connectivity index (χ3v) is 11.8. The highest BCUT2D eigenvalue weighted by atomic mass is 16.6. The first-order valence-corrected chi connectivity index (χ1v) is 14.2. The number of ether oxygens (including phenoxy) is 1. The predicted octanol–water partition coefficient (Wildman–Crippen LogP) is 3.53. The van der Waals surface area contributed by atoms with Gasteiger partial charge in [-0.15, -0.1) is 0 Å². The van der Waals surface area contributed by atoms with E-state index in [-0.39, 0.29) is 52.4 Å². The number of nitrogens with zero attached hydrogens (tertiary/aromatic N) is 1. The minimum absolute atomic E-state index is 0.0140. The zero-order chi connectivity index (χ0) is 26.2. The monoisotopic (exact) mass is 514 g/mol. The van der Waals surface area contributed by atoms with Crippen molar-refractivity contribution in [2.75, 3.05) is 13.1 Å². The Kier molecular flexibility index (Phi) is 5.87. The Bertz CT molecular complexity index is 1100. The van der Waals surface area contributed by atoms with Crippen LogP contribution in [0.4, 0.5) is 4.79 Å². The van der Waals surface area contributed by atoms with Gasteiger partial charge in [-0.25, -0.2) is 9.59 Å². The maximum Gasteiger partial charge on any atom is 0.410 e. The van der Waals surface area contributed by atoms with E-state index >= 15 is 0 Å². The second-order valence-electron chi connectivity index (χ2n) is 13.3. The molecule has 0 aromatic carbocycles. The molecule has 0 radical (unpaired) electrons. The third kappa shape index (κ3) is 3.65. The van der Waals surface area contributed by atoms with Gasteiger partial charge in [0.2, 0.25) is 0 Å². The van der Waals surface area contributed by atoms with Crippen molar-refractivity contribution in [3.05, 3.63) is 34.4 Å². The second-order valence-corrected chi connectivity index (χ2v) is 13.3. The highest BCUT2D eigenvalue weighted by Gasteiger charge is 2.70. The molecule has 5 aliphatic rings. The van der Waals surface area contributed by atoms with Crippen molar-refractivity contribution in [3.63, 3.8) is 0 Å². The van der Waals surface area contributed by atoms with Gasteiger partial charge in [-0.3, -0.25) is 0 Å². The van der Waals surface area contributed by atoms with Crippen LogP contribution in [-0.4, -0.2) is 57.6 Å². The summed E-state index contributed by atoms with van der Waals surface area (Å²) in [6.45, 7) is 5.60. The van der Waals surface area contributed by atoms with Crippen LogP contribution in [-0.2, 0) is 4.74 Å². The van der Waals surface area contributed by atoms with Crippen LogP contribution in [0.25, 0.3) is 0 Å². The average Bonchev–Trinajstić information content (AvgIpc) is 3.41. The van der Waals surface area contributed by atoms with E-state index in [1.165, 1.54) is 6.07 Å². The number of hydrogen-bond donors (Lipinski definition) is 3. The molecule has 1 aromatic rings. The van der Waals surface area contributed by atoms with Crippen molar-refractivity contribution in [1.29, 1.82) is 0 Å². The van der Waals surface area contributed by atoms with Gasteiger partial charge >= 0.3 is 11.7 Å².